The molecule has 2 aromatic rings. The first-order valence-corrected chi connectivity index (χ1v) is 7.85. The Hall–Kier alpha value is -2.50. The number of rotatable bonds is 5. The Balaban J connectivity index is 1.52. The highest BCUT2D eigenvalue weighted by molar-refractivity contribution is 5.91. The summed E-state index contributed by atoms with van der Waals surface area (Å²) in [5, 5.41) is 0. The molecular weight excluding hydrogens is 296 g/mol. The lowest BCUT2D eigenvalue weighted by atomic mass is 10.1. The lowest BCUT2D eigenvalue weighted by Gasteiger charge is -2.31. The van der Waals surface area contributed by atoms with Crippen LogP contribution in [0.5, 0.6) is 11.7 Å². The smallest absolute Gasteiger partial charge is 0.289 e. The van der Waals surface area contributed by atoms with E-state index in [0.29, 0.717) is 31.4 Å². The van der Waals surface area contributed by atoms with Gasteiger partial charge in [-0.1, -0.05) is 0 Å². The molecule has 0 aromatic carbocycles. The minimum Gasteiger partial charge on any atom is -0.489 e. The van der Waals surface area contributed by atoms with Gasteiger partial charge < -0.3 is 18.8 Å². The average molecular weight is 316 g/mol. The molecule has 23 heavy (non-hydrogen) atoms. The Morgan fingerprint density at radius 3 is 2.87 bits per heavy atom. The minimum absolute atomic E-state index is 0.101. The van der Waals surface area contributed by atoms with Gasteiger partial charge in [-0.3, -0.25) is 9.78 Å². The summed E-state index contributed by atoms with van der Waals surface area (Å²) in [4.78, 5) is 18.2. The first kappa shape index (κ1) is 15.4. The number of hydrogen-bond donors (Lipinski definition) is 0. The van der Waals surface area contributed by atoms with Gasteiger partial charge in [0.05, 0.1) is 12.8 Å². The van der Waals surface area contributed by atoms with Gasteiger partial charge in [0, 0.05) is 38.2 Å². The van der Waals surface area contributed by atoms with Crippen LogP contribution in [0.4, 0.5) is 0 Å². The zero-order valence-corrected chi connectivity index (χ0v) is 13.1. The number of furan rings is 1. The second-order valence-corrected chi connectivity index (χ2v) is 5.35. The molecule has 2 aromatic heterocycles. The highest BCUT2D eigenvalue weighted by Gasteiger charge is 2.26. The highest BCUT2D eigenvalue weighted by Crippen LogP contribution is 2.22. The van der Waals surface area contributed by atoms with E-state index < -0.39 is 0 Å². The maximum atomic E-state index is 12.4. The van der Waals surface area contributed by atoms with Crippen molar-refractivity contribution in [3.05, 3.63) is 42.4 Å². The van der Waals surface area contributed by atoms with E-state index in [4.69, 9.17) is 13.9 Å². The van der Waals surface area contributed by atoms with Gasteiger partial charge in [-0.25, -0.2) is 0 Å². The summed E-state index contributed by atoms with van der Waals surface area (Å²) in [6, 6.07) is 7.07. The van der Waals surface area contributed by atoms with Crippen LogP contribution >= 0.6 is 0 Å². The summed E-state index contributed by atoms with van der Waals surface area (Å²) in [6.07, 6.45) is 5.11. The second kappa shape index (κ2) is 7.17. The van der Waals surface area contributed by atoms with Gasteiger partial charge in [0.15, 0.2) is 5.76 Å². The van der Waals surface area contributed by atoms with Gasteiger partial charge >= 0.3 is 0 Å². The van der Waals surface area contributed by atoms with Crippen molar-refractivity contribution >= 4 is 5.91 Å². The molecule has 0 radical (unpaired) electrons. The summed E-state index contributed by atoms with van der Waals surface area (Å²) < 4.78 is 16.5. The van der Waals surface area contributed by atoms with E-state index in [1.165, 1.54) is 0 Å². The molecule has 0 saturated carbocycles. The van der Waals surface area contributed by atoms with Crippen LogP contribution in [-0.4, -0.2) is 41.6 Å². The summed E-state index contributed by atoms with van der Waals surface area (Å²) in [5.41, 5.74) is 0. The molecule has 122 valence electrons. The van der Waals surface area contributed by atoms with Gasteiger partial charge in [-0.05, 0) is 25.1 Å². The second-order valence-electron chi connectivity index (χ2n) is 5.35. The van der Waals surface area contributed by atoms with Crippen LogP contribution in [0.15, 0.2) is 41.1 Å². The largest absolute Gasteiger partial charge is 0.489 e. The molecule has 0 N–H and O–H groups in total. The van der Waals surface area contributed by atoms with Crippen molar-refractivity contribution in [3.63, 3.8) is 0 Å². The molecule has 1 aliphatic rings. The van der Waals surface area contributed by atoms with Gasteiger partial charge in [0.1, 0.15) is 11.9 Å². The van der Waals surface area contributed by atoms with Crippen LogP contribution < -0.4 is 9.47 Å². The summed E-state index contributed by atoms with van der Waals surface area (Å²) >= 11 is 0. The number of nitrogens with zero attached hydrogens (tertiary/aromatic N) is 2. The SMILES string of the molecule is CCOc1ccc(C(=O)N2CCC(Oc3cccnc3)CC2)o1. The van der Waals surface area contributed by atoms with Gasteiger partial charge in [-0.2, -0.15) is 0 Å². The fraction of sp³-hybridized carbons (Fsp3) is 0.412. The number of carbonyl (C=O) groups excluding carboxylic acids is 1. The van der Waals surface area contributed by atoms with E-state index in [1.54, 1.807) is 29.4 Å². The van der Waals surface area contributed by atoms with Crippen LogP contribution in [-0.2, 0) is 0 Å². The number of likely N-dealkylation sites (tertiary alicyclic amines) is 1. The van der Waals surface area contributed by atoms with Crippen LogP contribution in [0.25, 0.3) is 0 Å². The van der Waals surface area contributed by atoms with Crippen molar-refractivity contribution in [1.82, 2.24) is 9.88 Å². The molecular formula is C17H20N2O4. The monoisotopic (exact) mass is 316 g/mol. The van der Waals surface area contributed by atoms with Crippen molar-refractivity contribution in [2.45, 2.75) is 25.9 Å². The molecule has 1 aliphatic heterocycles. The molecule has 3 heterocycles. The van der Waals surface area contributed by atoms with Gasteiger partial charge in [0.25, 0.3) is 11.9 Å². The number of ether oxygens (including phenoxy) is 2. The normalized spacial score (nSPS) is 15.4. The number of piperidine rings is 1. The molecule has 0 spiro atoms. The first-order chi connectivity index (χ1) is 11.3. The fourth-order valence-electron chi connectivity index (χ4n) is 2.60. The molecule has 6 nitrogen and oxygen atoms in total. The van der Waals surface area contributed by atoms with Crippen LogP contribution in [0.2, 0.25) is 0 Å². The van der Waals surface area contributed by atoms with Gasteiger partial charge in [0.2, 0.25) is 0 Å². The molecule has 1 amide bonds. The summed E-state index contributed by atoms with van der Waals surface area (Å²) in [7, 11) is 0. The van der Waals surface area contributed by atoms with E-state index in [-0.39, 0.29) is 12.0 Å². The first-order valence-electron chi connectivity index (χ1n) is 7.85. The predicted octanol–water partition coefficient (Wildman–Crippen LogP) is 2.76. The quantitative estimate of drug-likeness (QED) is 0.848. The molecule has 3 rings (SSSR count). The van der Waals surface area contributed by atoms with Crippen molar-refractivity contribution < 1.29 is 18.7 Å². The van der Waals surface area contributed by atoms with E-state index in [2.05, 4.69) is 4.98 Å². The number of aromatic nitrogens is 1. The molecule has 1 saturated heterocycles. The Labute approximate surface area is 135 Å². The third kappa shape index (κ3) is 3.83. The molecule has 0 unspecified atom stereocenters. The van der Waals surface area contributed by atoms with E-state index in [9.17, 15) is 4.79 Å². The molecule has 0 bridgehead atoms. The number of pyridine rings is 1. The Bertz CT molecular complexity index is 633. The topological polar surface area (TPSA) is 64.8 Å². The number of hydrogen-bond acceptors (Lipinski definition) is 5. The Kier molecular flexibility index (Phi) is 4.80. The van der Waals surface area contributed by atoms with E-state index in [0.717, 1.165) is 18.6 Å². The third-order valence-electron chi connectivity index (χ3n) is 3.75. The summed E-state index contributed by atoms with van der Waals surface area (Å²) in [6.45, 7) is 3.68. The zero-order valence-electron chi connectivity index (χ0n) is 13.1. The molecule has 6 heteroatoms. The minimum atomic E-state index is -0.101. The Morgan fingerprint density at radius 1 is 1.35 bits per heavy atom. The van der Waals surface area contributed by atoms with Crippen molar-refractivity contribution in [1.29, 1.82) is 0 Å². The van der Waals surface area contributed by atoms with Crippen LogP contribution in [0.3, 0.4) is 0 Å². The lowest BCUT2D eigenvalue weighted by Crippen LogP contribution is -2.41. The maximum Gasteiger partial charge on any atom is 0.289 e. The number of carbonyl (C=O) groups is 1. The summed E-state index contributed by atoms with van der Waals surface area (Å²) in [5.74, 6) is 1.37. The van der Waals surface area contributed by atoms with E-state index in [1.807, 2.05) is 19.1 Å². The standard InChI is InChI=1S/C17H20N2O4/c1-2-21-16-6-5-15(23-16)17(20)19-10-7-13(8-11-19)22-14-4-3-9-18-12-14/h3-6,9,12-13H,2,7-8,10-11H2,1H3. The third-order valence-corrected chi connectivity index (χ3v) is 3.75. The maximum absolute atomic E-state index is 12.4. The number of amides is 1. The molecule has 1 fully saturated rings. The predicted molar refractivity (Wildman–Crippen MR) is 83.7 cm³/mol. The highest BCUT2D eigenvalue weighted by atomic mass is 16.6. The molecule has 0 atom stereocenters. The van der Waals surface area contributed by atoms with Crippen molar-refractivity contribution in [2.24, 2.45) is 0 Å². The van der Waals surface area contributed by atoms with E-state index >= 15 is 0 Å². The zero-order chi connectivity index (χ0) is 16.1. The van der Waals surface area contributed by atoms with Crippen LogP contribution in [0.1, 0.15) is 30.3 Å². The molecule has 0 aliphatic carbocycles. The average Bonchev–Trinajstić information content (AvgIpc) is 3.05. The lowest BCUT2D eigenvalue weighted by molar-refractivity contribution is 0.0559. The fourth-order valence-corrected chi connectivity index (χ4v) is 2.60. The van der Waals surface area contributed by atoms with Crippen molar-refractivity contribution in [2.75, 3.05) is 19.7 Å². The van der Waals surface area contributed by atoms with Crippen LogP contribution in [0, 0.1) is 0 Å². The Morgan fingerprint density at radius 2 is 2.17 bits per heavy atom. The van der Waals surface area contributed by atoms with Gasteiger partial charge in [-0.15, -0.1) is 0 Å². The van der Waals surface area contributed by atoms with Crippen molar-refractivity contribution in [3.8, 4) is 11.7 Å².